The molecule has 0 heterocycles. The summed E-state index contributed by atoms with van der Waals surface area (Å²) in [6.07, 6.45) is 9.00. The van der Waals surface area contributed by atoms with Gasteiger partial charge < -0.3 is 0 Å². The van der Waals surface area contributed by atoms with Crippen LogP contribution < -0.4 is 36.3 Å². The third-order valence-corrected chi connectivity index (χ3v) is 22.8. The molecule has 0 fully saturated rings. The third-order valence-electron chi connectivity index (χ3n) is 13.1. The Bertz CT molecular complexity index is 2900. The highest BCUT2D eigenvalue weighted by Gasteiger charge is 2.43. The molecule has 1 aliphatic rings. The lowest BCUT2D eigenvalue weighted by molar-refractivity contribution is 1.01. The number of nitrogens with zero attached hydrogens (tertiary/aromatic N) is 2. The van der Waals surface area contributed by atoms with Gasteiger partial charge in [-0.2, -0.15) is 0 Å². The second-order valence-electron chi connectivity index (χ2n) is 17.0. The van der Waals surface area contributed by atoms with Crippen LogP contribution >= 0.6 is 0 Å². The molecule has 9 rings (SSSR count). The van der Waals surface area contributed by atoms with E-state index in [0.717, 1.165) is 46.4 Å². The molecule has 4 heteroatoms. The summed E-state index contributed by atoms with van der Waals surface area (Å²) in [5.41, 5.74) is 6.93. The van der Waals surface area contributed by atoms with Crippen molar-refractivity contribution >= 4 is 69.7 Å². The first-order valence-electron chi connectivity index (χ1n) is 22.7. The lowest BCUT2D eigenvalue weighted by Gasteiger charge is -2.37. The molecule has 0 aromatic heterocycles. The molecule has 0 atom stereocenters. The minimum absolute atomic E-state index is 0.634. The van der Waals surface area contributed by atoms with Gasteiger partial charge in [-0.15, -0.1) is 0 Å². The van der Waals surface area contributed by atoms with Crippen LogP contribution in [-0.4, -0.2) is 27.7 Å². The Labute approximate surface area is 387 Å². The Hall–Kier alpha value is -7.25. The summed E-state index contributed by atoms with van der Waals surface area (Å²) < 4.78 is 0. The van der Waals surface area contributed by atoms with Crippen molar-refractivity contribution in [2.75, 3.05) is 0 Å². The number of benzene rings is 8. The normalized spacial score (nSPS) is 13.3. The van der Waals surface area contributed by atoms with Crippen LogP contribution in [0.5, 0.6) is 0 Å². The van der Waals surface area contributed by atoms with Crippen LogP contribution in [0.1, 0.15) is 47.6 Å². The fourth-order valence-corrected chi connectivity index (χ4v) is 20.0. The summed E-state index contributed by atoms with van der Waals surface area (Å²) >= 11 is 0. The van der Waals surface area contributed by atoms with Gasteiger partial charge in [0.05, 0.1) is 5.70 Å². The summed E-state index contributed by atoms with van der Waals surface area (Å²) in [5, 5.41) is 10.8. The third kappa shape index (κ3) is 8.35. The maximum absolute atomic E-state index is 5.58. The van der Waals surface area contributed by atoms with Crippen molar-refractivity contribution in [3.05, 3.63) is 276 Å². The molecule has 0 saturated carbocycles. The lowest BCUT2D eigenvalue weighted by atomic mass is 10.0. The smallest absolute Gasteiger partial charge is 0.179 e. The van der Waals surface area contributed by atoms with Crippen LogP contribution in [0.15, 0.2) is 258 Å². The van der Waals surface area contributed by atoms with Gasteiger partial charge in [0.1, 0.15) is 0 Å². The predicted octanol–water partition coefficient (Wildman–Crippen LogP) is 9.89. The maximum atomic E-state index is 5.58. The van der Waals surface area contributed by atoms with Crippen LogP contribution in [-0.2, 0) is 0 Å². The zero-order chi connectivity index (χ0) is 44.6. The van der Waals surface area contributed by atoms with E-state index in [1.807, 2.05) is 0 Å². The van der Waals surface area contributed by atoms with E-state index in [-0.39, 0.29) is 0 Å². The van der Waals surface area contributed by atoms with E-state index in [1.165, 1.54) is 41.5 Å². The lowest BCUT2D eigenvalue weighted by Crippen LogP contribution is -2.74. The van der Waals surface area contributed by atoms with Gasteiger partial charge >= 0.3 is 0 Å². The molecule has 65 heavy (non-hydrogen) atoms. The van der Waals surface area contributed by atoms with E-state index >= 15 is 0 Å². The predicted molar refractivity (Wildman–Crippen MR) is 284 cm³/mol. The van der Waals surface area contributed by atoms with Crippen LogP contribution in [0.4, 0.5) is 0 Å². The van der Waals surface area contributed by atoms with Gasteiger partial charge in [0.25, 0.3) is 0 Å². The molecular formula is C61H54N2Si2. The first-order chi connectivity index (χ1) is 31.9. The Morgan fingerprint density at radius 1 is 0.446 bits per heavy atom. The number of allylic oxidation sites excluding steroid dienone is 4. The van der Waals surface area contributed by atoms with Gasteiger partial charge in [-0.05, 0) is 86.6 Å². The molecule has 0 bridgehead atoms. The monoisotopic (exact) mass is 870 g/mol. The standard InChI is InChI=1S/C61H54N2Si2/c1-46-26-23-27-47(2)60(46)49(4)63-61(51-29-25-43-59(45-51)65(55-36-17-8-18-37-55,56-38-19-9-20-39-56)57-40-21-10-22-41-57)62-48(3)50-28-24-42-58(44-50)64(52-30-11-5-12-31-52,53-32-13-6-14-33-53)54-34-15-7-16-35-54/h5-15,17-34,36-45H,4,16,35H2,1-3H3. The number of hydrogen-bond acceptors (Lipinski definition) is 1. The Morgan fingerprint density at radius 2 is 0.846 bits per heavy atom. The van der Waals surface area contributed by atoms with Gasteiger partial charge in [0.15, 0.2) is 22.0 Å². The van der Waals surface area contributed by atoms with E-state index in [2.05, 4.69) is 264 Å². The van der Waals surface area contributed by atoms with Gasteiger partial charge in [-0.25, -0.2) is 9.98 Å². The molecule has 0 unspecified atom stereocenters. The summed E-state index contributed by atoms with van der Waals surface area (Å²) in [4.78, 5) is 11.0. The first-order valence-corrected chi connectivity index (χ1v) is 26.7. The molecule has 0 aliphatic heterocycles. The van der Waals surface area contributed by atoms with Crippen molar-refractivity contribution in [3.8, 4) is 0 Å². The number of rotatable bonds is 12. The highest BCUT2D eigenvalue weighted by atomic mass is 28.3. The second kappa shape index (κ2) is 19.2. The zero-order valence-corrected chi connectivity index (χ0v) is 39.5. The Kier molecular flexibility index (Phi) is 12.7. The van der Waals surface area contributed by atoms with Gasteiger partial charge in [0, 0.05) is 16.8 Å². The van der Waals surface area contributed by atoms with Crippen LogP contribution in [0.2, 0.25) is 0 Å². The van der Waals surface area contributed by atoms with Crippen molar-refractivity contribution in [2.45, 2.75) is 33.6 Å². The fourth-order valence-electron chi connectivity index (χ4n) is 10.1. The molecule has 1 aliphatic carbocycles. The van der Waals surface area contributed by atoms with Gasteiger partial charge in [-0.1, -0.05) is 248 Å². The second-order valence-corrected chi connectivity index (χ2v) is 24.7. The van der Waals surface area contributed by atoms with Crippen molar-refractivity contribution in [2.24, 2.45) is 9.98 Å². The van der Waals surface area contributed by atoms with Gasteiger partial charge in [-0.3, -0.25) is 0 Å². The highest BCUT2D eigenvalue weighted by molar-refractivity contribution is 7.20. The van der Waals surface area contributed by atoms with E-state index < -0.39 is 16.1 Å². The number of aliphatic imine (C=N–C) groups is 2. The SMILES string of the molecule is C=C(N=C(N=C(C)c1cccc([Si](C2=CC=CCC2)(c2ccccc2)c2ccccc2)c1)c1cccc([Si](c2ccccc2)(c2ccccc2)c2ccccc2)c1)c1c(C)cccc1C. The average Bonchev–Trinajstić information content (AvgIpc) is 3.36. The molecule has 0 radical (unpaired) electrons. The summed E-state index contributed by atoms with van der Waals surface area (Å²) in [6, 6.07) is 80.2. The van der Waals surface area contributed by atoms with Crippen LogP contribution in [0.3, 0.4) is 0 Å². The maximum Gasteiger partial charge on any atom is 0.179 e. The first kappa shape index (κ1) is 43.0. The molecule has 8 aromatic carbocycles. The minimum atomic E-state index is -2.84. The van der Waals surface area contributed by atoms with Crippen molar-refractivity contribution in [3.63, 3.8) is 0 Å². The Morgan fingerprint density at radius 3 is 1.31 bits per heavy atom. The molecule has 0 amide bonds. The van der Waals surface area contributed by atoms with Crippen molar-refractivity contribution in [1.82, 2.24) is 0 Å². The molecule has 2 nitrogen and oxygen atoms in total. The summed E-state index contributed by atoms with van der Waals surface area (Å²) in [6.45, 7) is 11.0. The molecule has 0 saturated heterocycles. The van der Waals surface area contributed by atoms with Crippen LogP contribution in [0.25, 0.3) is 5.70 Å². The van der Waals surface area contributed by atoms with E-state index in [9.17, 15) is 0 Å². The van der Waals surface area contributed by atoms with E-state index in [1.54, 1.807) is 0 Å². The summed E-state index contributed by atoms with van der Waals surface area (Å²) in [7, 11) is -5.54. The van der Waals surface area contributed by atoms with Crippen LogP contribution in [0, 0.1) is 13.8 Å². The molecule has 0 spiro atoms. The average molecular weight is 871 g/mol. The Balaban J connectivity index is 1.26. The zero-order valence-electron chi connectivity index (χ0n) is 37.5. The summed E-state index contributed by atoms with van der Waals surface area (Å²) in [5.74, 6) is 0.634. The van der Waals surface area contributed by atoms with Crippen molar-refractivity contribution < 1.29 is 0 Å². The van der Waals surface area contributed by atoms with Gasteiger partial charge in [0.2, 0.25) is 0 Å². The number of aryl methyl sites for hydroxylation is 2. The quantitative estimate of drug-likeness (QED) is 0.0506. The number of amidine groups is 1. The molecule has 8 aromatic rings. The molecule has 316 valence electrons. The largest absolute Gasteiger partial charge is 0.233 e. The number of hydrogen-bond donors (Lipinski definition) is 0. The van der Waals surface area contributed by atoms with E-state index in [0.29, 0.717) is 11.5 Å². The van der Waals surface area contributed by atoms with Crippen molar-refractivity contribution in [1.29, 1.82) is 0 Å². The fraction of sp³-hybridized carbons (Fsp3) is 0.0820. The molecular weight excluding hydrogens is 817 g/mol. The van der Waals surface area contributed by atoms with E-state index in [4.69, 9.17) is 9.98 Å². The highest BCUT2D eigenvalue weighted by Crippen LogP contribution is 2.27. The topological polar surface area (TPSA) is 24.7 Å². The molecule has 0 N–H and O–H groups in total. The minimum Gasteiger partial charge on any atom is -0.233 e.